The fourth-order valence-electron chi connectivity index (χ4n) is 2.51. The van der Waals surface area contributed by atoms with Gasteiger partial charge in [0.05, 0.1) is 12.2 Å². The molecule has 2 aliphatic rings. The third kappa shape index (κ3) is 1.09. The van der Waals surface area contributed by atoms with E-state index in [0.29, 0.717) is 18.1 Å². The van der Waals surface area contributed by atoms with Crippen LogP contribution in [-0.2, 0) is 9.53 Å². The lowest BCUT2D eigenvalue weighted by molar-refractivity contribution is -0.118. The molecule has 0 aromatic carbocycles. The van der Waals surface area contributed by atoms with Gasteiger partial charge in [0.25, 0.3) is 0 Å². The Labute approximate surface area is 73.3 Å². The molecule has 0 aromatic heterocycles. The molecule has 68 valence electrons. The molecule has 0 saturated carbocycles. The number of hydrogen-bond donors (Lipinski definition) is 0. The lowest BCUT2D eigenvalue weighted by atomic mass is 9.72. The van der Waals surface area contributed by atoms with Gasteiger partial charge in [-0.3, -0.25) is 0 Å². The van der Waals surface area contributed by atoms with E-state index in [9.17, 15) is 4.79 Å². The first-order chi connectivity index (χ1) is 5.63. The summed E-state index contributed by atoms with van der Waals surface area (Å²) in [7, 11) is 0. The zero-order chi connectivity index (χ0) is 8.77. The summed E-state index contributed by atoms with van der Waals surface area (Å²) < 4.78 is 5.71. The molecule has 3 unspecified atom stereocenters. The Bertz CT molecular complexity index is 198. The fraction of sp³-hybridized carbons (Fsp3) is 0.900. The van der Waals surface area contributed by atoms with Crippen molar-refractivity contribution in [3.05, 3.63) is 0 Å². The highest BCUT2D eigenvalue weighted by atomic mass is 16.5. The second-order valence-electron chi connectivity index (χ2n) is 4.66. The lowest BCUT2D eigenvalue weighted by Gasteiger charge is -2.30. The van der Waals surface area contributed by atoms with Crippen molar-refractivity contribution in [2.45, 2.75) is 45.3 Å². The Hall–Kier alpha value is -0.370. The number of rotatable bonds is 2. The van der Waals surface area contributed by atoms with Crippen molar-refractivity contribution in [1.82, 2.24) is 0 Å². The third-order valence-electron chi connectivity index (χ3n) is 3.37. The fourth-order valence-corrected chi connectivity index (χ4v) is 2.51. The van der Waals surface area contributed by atoms with Crippen LogP contribution in [0.25, 0.3) is 0 Å². The van der Waals surface area contributed by atoms with Crippen LogP contribution in [-0.4, -0.2) is 18.5 Å². The van der Waals surface area contributed by atoms with E-state index in [-0.39, 0.29) is 5.41 Å². The Balaban J connectivity index is 2.11. The van der Waals surface area contributed by atoms with Crippen molar-refractivity contribution in [1.29, 1.82) is 0 Å². The van der Waals surface area contributed by atoms with E-state index in [1.54, 1.807) is 0 Å². The van der Waals surface area contributed by atoms with Gasteiger partial charge in [0.15, 0.2) is 0 Å². The van der Waals surface area contributed by atoms with E-state index in [2.05, 4.69) is 0 Å². The summed E-state index contributed by atoms with van der Waals surface area (Å²) in [6, 6.07) is 0. The molecule has 0 N–H and O–H groups in total. The summed E-state index contributed by atoms with van der Waals surface area (Å²) >= 11 is 0. The number of ether oxygens (including phenoxy) is 1. The minimum atomic E-state index is -0.181. The maximum atomic E-state index is 10.8. The molecular weight excluding hydrogens is 152 g/mol. The highest BCUT2D eigenvalue weighted by Gasteiger charge is 2.47. The number of aldehydes is 1. The second kappa shape index (κ2) is 2.56. The van der Waals surface area contributed by atoms with Crippen LogP contribution >= 0.6 is 0 Å². The first-order valence-corrected chi connectivity index (χ1v) is 4.75. The Morgan fingerprint density at radius 1 is 1.42 bits per heavy atom. The summed E-state index contributed by atoms with van der Waals surface area (Å²) in [6.45, 7) is 4.05. The maximum absolute atomic E-state index is 10.8. The first-order valence-electron chi connectivity index (χ1n) is 4.75. The van der Waals surface area contributed by atoms with Gasteiger partial charge in [-0.05, 0) is 25.2 Å². The minimum Gasteiger partial charge on any atom is -0.375 e. The lowest BCUT2D eigenvalue weighted by Crippen LogP contribution is -2.33. The molecule has 0 radical (unpaired) electrons. The molecule has 2 aliphatic heterocycles. The normalized spacial score (nSPS) is 40.3. The van der Waals surface area contributed by atoms with Crippen molar-refractivity contribution in [2.24, 2.45) is 11.3 Å². The van der Waals surface area contributed by atoms with Crippen molar-refractivity contribution >= 4 is 6.29 Å². The summed E-state index contributed by atoms with van der Waals surface area (Å²) in [5.74, 6) is 0.466. The largest absolute Gasteiger partial charge is 0.375 e. The topological polar surface area (TPSA) is 26.3 Å². The molecule has 2 nitrogen and oxygen atoms in total. The number of carbonyl (C=O) groups excluding carboxylic acids is 1. The summed E-state index contributed by atoms with van der Waals surface area (Å²) in [5.41, 5.74) is -0.181. The summed E-state index contributed by atoms with van der Waals surface area (Å²) in [5, 5.41) is 0. The smallest absolute Gasteiger partial charge is 0.125 e. The summed E-state index contributed by atoms with van der Waals surface area (Å²) in [6.07, 6.45) is 5.37. The average molecular weight is 168 g/mol. The zero-order valence-corrected chi connectivity index (χ0v) is 7.75. The van der Waals surface area contributed by atoms with Gasteiger partial charge in [-0.15, -0.1) is 0 Å². The van der Waals surface area contributed by atoms with Crippen LogP contribution in [0, 0.1) is 11.3 Å². The van der Waals surface area contributed by atoms with E-state index in [1.165, 1.54) is 6.42 Å². The molecule has 2 bridgehead atoms. The number of fused-ring (bicyclic) bond motifs is 2. The average Bonchev–Trinajstić information content (AvgIpc) is 2.64. The van der Waals surface area contributed by atoms with E-state index in [4.69, 9.17) is 4.74 Å². The van der Waals surface area contributed by atoms with E-state index in [1.807, 2.05) is 13.8 Å². The molecule has 12 heavy (non-hydrogen) atoms. The summed E-state index contributed by atoms with van der Waals surface area (Å²) in [4.78, 5) is 10.8. The van der Waals surface area contributed by atoms with E-state index in [0.717, 1.165) is 19.1 Å². The minimum absolute atomic E-state index is 0.181. The van der Waals surface area contributed by atoms with Crippen molar-refractivity contribution in [2.75, 3.05) is 0 Å². The van der Waals surface area contributed by atoms with Crippen LogP contribution in [0.3, 0.4) is 0 Å². The molecule has 0 aliphatic carbocycles. The molecule has 2 fully saturated rings. The van der Waals surface area contributed by atoms with E-state index >= 15 is 0 Å². The maximum Gasteiger partial charge on any atom is 0.125 e. The predicted molar refractivity (Wildman–Crippen MR) is 45.8 cm³/mol. The zero-order valence-electron chi connectivity index (χ0n) is 7.75. The van der Waals surface area contributed by atoms with Crippen molar-refractivity contribution in [3.8, 4) is 0 Å². The second-order valence-corrected chi connectivity index (χ2v) is 4.66. The van der Waals surface area contributed by atoms with Crippen LogP contribution in [0.2, 0.25) is 0 Å². The van der Waals surface area contributed by atoms with Gasteiger partial charge in [0.1, 0.15) is 6.29 Å². The van der Waals surface area contributed by atoms with Gasteiger partial charge < -0.3 is 9.53 Å². The SMILES string of the molecule is CC(C)(C=O)C1CC2CCC1O2. The van der Waals surface area contributed by atoms with Gasteiger partial charge >= 0.3 is 0 Å². The molecule has 3 atom stereocenters. The Morgan fingerprint density at radius 3 is 2.58 bits per heavy atom. The van der Waals surface area contributed by atoms with Crippen LogP contribution in [0.1, 0.15) is 33.1 Å². The van der Waals surface area contributed by atoms with Crippen molar-refractivity contribution in [3.63, 3.8) is 0 Å². The number of carbonyl (C=O) groups is 1. The van der Waals surface area contributed by atoms with Crippen LogP contribution < -0.4 is 0 Å². The molecule has 2 rings (SSSR count). The number of hydrogen-bond acceptors (Lipinski definition) is 2. The van der Waals surface area contributed by atoms with Crippen LogP contribution in [0.4, 0.5) is 0 Å². The third-order valence-corrected chi connectivity index (χ3v) is 3.37. The van der Waals surface area contributed by atoms with E-state index < -0.39 is 0 Å². The highest BCUT2D eigenvalue weighted by molar-refractivity contribution is 5.58. The van der Waals surface area contributed by atoms with Crippen LogP contribution in [0.5, 0.6) is 0 Å². The molecule has 2 heteroatoms. The molecular formula is C10H16O2. The van der Waals surface area contributed by atoms with Gasteiger partial charge in [0.2, 0.25) is 0 Å². The standard InChI is InChI=1S/C10H16O2/c1-10(2,6-11)8-5-7-3-4-9(8)12-7/h6-9H,3-5H2,1-2H3. The molecule has 2 heterocycles. The van der Waals surface area contributed by atoms with Gasteiger partial charge in [-0.1, -0.05) is 13.8 Å². The molecule has 0 aromatic rings. The quantitative estimate of drug-likeness (QED) is 0.587. The molecule has 2 saturated heterocycles. The molecule has 0 amide bonds. The van der Waals surface area contributed by atoms with Gasteiger partial charge in [-0.2, -0.15) is 0 Å². The van der Waals surface area contributed by atoms with Gasteiger partial charge in [0, 0.05) is 5.41 Å². The molecule has 0 spiro atoms. The monoisotopic (exact) mass is 168 g/mol. The first kappa shape index (κ1) is 8.24. The predicted octanol–water partition coefficient (Wildman–Crippen LogP) is 1.78. The van der Waals surface area contributed by atoms with Gasteiger partial charge in [-0.25, -0.2) is 0 Å². The Kier molecular flexibility index (Phi) is 1.76. The Morgan fingerprint density at radius 2 is 2.17 bits per heavy atom. The van der Waals surface area contributed by atoms with Crippen molar-refractivity contribution < 1.29 is 9.53 Å². The highest BCUT2D eigenvalue weighted by Crippen LogP contribution is 2.46. The van der Waals surface area contributed by atoms with Crippen LogP contribution in [0.15, 0.2) is 0 Å².